The number of carboxylic acid groups (broad SMARTS) is 1. The summed E-state index contributed by atoms with van der Waals surface area (Å²) in [7, 11) is 0. The normalized spacial score (nSPS) is 14.8. The molecule has 4 N–H and O–H groups in total. The van der Waals surface area contributed by atoms with Gasteiger partial charge in [0.2, 0.25) is 0 Å². The van der Waals surface area contributed by atoms with Crippen molar-refractivity contribution in [2.24, 2.45) is 0 Å². The fourth-order valence-electron chi connectivity index (χ4n) is 3.92. The van der Waals surface area contributed by atoms with E-state index in [1.54, 1.807) is 0 Å². The second-order valence-corrected chi connectivity index (χ2v) is 7.49. The number of aromatic hydroxyl groups is 1. The van der Waals surface area contributed by atoms with Gasteiger partial charge in [0, 0.05) is 17.6 Å². The van der Waals surface area contributed by atoms with Crippen LogP contribution in [0.15, 0.2) is 41.2 Å². The standard InChI is InChI=1S/C22H15F3N4O5/c1-26-12-6-13-18-14(7-12)27-8-15(10-2-4-11(5-3-10)22(23,24)25)29(18)21(34)17(19(13)32)20(33)28-9-16(30)31/h2-7,15,27,32H,8-9H2,(H,28,33)(H,30,31). The highest BCUT2D eigenvalue weighted by molar-refractivity contribution is 6.06. The van der Waals surface area contributed by atoms with Crippen molar-refractivity contribution in [1.82, 2.24) is 9.88 Å². The van der Waals surface area contributed by atoms with E-state index < -0.39 is 53.1 Å². The van der Waals surface area contributed by atoms with Crippen molar-refractivity contribution in [2.45, 2.75) is 12.2 Å². The summed E-state index contributed by atoms with van der Waals surface area (Å²) in [5, 5.41) is 24.6. The van der Waals surface area contributed by atoms with E-state index in [9.17, 15) is 32.7 Å². The van der Waals surface area contributed by atoms with Crippen LogP contribution in [0.1, 0.15) is 27.5 Å². The first-order valence-corrected chi connectivity index (χ1v) is 9.76. The number of pyridine rings is 1. The highest BCUT2D eigenvalue weighted by Crippen LogP contribution is 2.40. The van der Waals surface area contributed by atoms with Gasteiger partial charge in [-0.2, -0.15) is 13.2 Å². The molecule has 2 heterocycles. The SMILES string of the molecule is [C-]#[N+]c1cc2c3c(c1)c(O)c(C(=O)NCC(=O)O)c(=O)n3C(c1ccc(C(F)(F)F)cc1)CN2. The number of carboxylic acids is 1. The van der Waals surface area contributed by atoms with Crippen molar-refractivity contribution in [3.63, 3.8) is 0 Å². The Bertz CT molecular complexity index is 1440. The average Bonchev–Trinajstić information content (AvgIpc) is 2.80. The van der Waals surface area contributed by atoms with Crippen molar-refractivity contribution >= 4 is 34.2 Å². The fourth-order valence-corrected chi connectivity index (χ4v) is 3.92. The van der Waals surface area contributed by atoms with Crippen molar-refractivity contribution in [3.05, 3.63) is 74.9 Å². The Hall–Kier alpha value is -4.53. The number of amides is 1. The quantitative estimate of drug-likeness (QED) is 0.433. The van der Waals surface area contributed by atoms with Gasteiger partial charge >= 0.3 is 12.1 Å². The highest BCUT2D eigenvalue weighted by Gasteiger charge is 2.33. The molecule has 0 saturated heterocycles. The topological polar surface area (TPSA) is 125 Å². The van der Waals surface area contributed by atoms with Gasteiger partial charge in [-0.3, -0.25) is 19.0 Å². The van der Waals surface area contributed by atoms with Gasteiger partial charge in [0.15, 0.2) is 5.69 Å². The lowest BCUT2D eigenvalue weighted by molar-refractivity contribution is -0.138. The number of carbonyl (C=O) groups is 2. The molecule has 4 rings (SSSR count). The van der Waals surface area contributed by atoms with Crippen LogP contribution in [0.4, 0.5) is 24.5 Å². The molecule has 1 amide bonds. The molecule has 0 fully saturated rings. The van der Waals surface area contributed by atoms with Crippen LogP contribution in [0.25, 0.3) is 15.7 Å². The van der Waals surface area contributed by atoms with Gasteiger partial charge in [-0.1, -0.05) is 12.1 Å². The summed E-state index contributed by atoms with van der Waals surface area (Å²) in [6.45, 7) is 6.51. The minimum Gasteiger partial charge on any atom is -0.506 e. The van der Waals surface area contributed by atoms with Gasteiger partial charge in [0.05, 0.1) is 23.7 Å². The molecule has 0 spiro atoms. The van der Waals surface area contributed by atoms with Crippen LogP contribution in [0, 0.1) is 6.57 Å². The van der Waals surface area contributed by atoms with E-state index in [1.807, 2.05) is 5.32 Å². The van der Waals surface area contributed by atoms with E-state index in [0.717, 1.165) is 16.7 Å². The number of carbonyl (C=O) groups excluding carboxylic acids is 1. The summed E-state index contributed by atoms with van der Waals surface area (Å²) in [6, 6.07) is 6.01. The lowest BCUT2D eigenvalue weighted by Gasteiger charge is -2.31. The van der Waals surface area contributed by atoms with Crippen LogP contribution >= 0.6 is 0 Å². The largest absolute Gasteiger partial charge is 0.506 e. The number of rotatable bonds is 4. The van der Waals surface area contributed by atoms with E-state index in [1.165, 1.54) is 24.3 Å². The first-order valence-electron chi connectivity index (χ1n) is 9.76. The maximum atomic E-state index is 13.4. The second-order valence-electron chi connectivity index (χ2n) is 7.49. The molecule has 34 heavy (non-hydrogen) atoms. The van der Waals surface area contributed by atoms with Crippen LogP contribution in [0.5, 0.6) is 5.75 Å². The molecule has 1 atom stereocenters. The Morgan fingerprint density at radius 1 is 1.24 bits per heavy atom. The lowest BCUT2D eigenvalue weighted by Crippen LogP contribution is -2.40. The molecule has 9 nitrogen and oxygen atoms in total. The number of aromatic nitrogens is 1. The van der Waals surface area contributed by atoms with E-state index in [0.29, 0.717) is 11.3 Å². The number of nitrogens with zero attached hydrogens (tertiary/aromatic N) is 2. The first kappa shape index (κ1) is 22.7. The summed E-state index contributed by atoms with van der Waals surface area (Å²) in [4.78, 5) is 40.2. The Morgan fingerprint density at radius 2 is 1.91 bits per heavy atom. The highest BCUT2D eigenvalue weighted by atomic mass is 19.4. The van der Waals surface area contributed by atoms with Crippen LogP contribution in [-0.2, 0) is 11.0 Å². The number of benzene rings is 2. The lowest BCUT2D eigenvalue weighted by atomic mass is 9.98. The third-order valence-corrected chi connectivity index (χ3v) is 5.44. The van der Waals surface area contributed by atoms with Gasteiger partial charge in [0.1, 0.15) is 17.9 Å². The fraction of sp³-hybridized carbons (Fsp3) is 0.182. The van der Waals surface area contributed by atoms with Gasteiger partial charge in [-0.25, -0.2) is 4.85 Å². The number of anilines is 1. The Balaban J connectivity index is 1.97. The number of alkyl halides is 3. The van der Waals surface area contributed by atoms with Crippen molar-refractivity contribution in [3.8, 4) is 5.75 Å². The van der Waals surface area contributed by atoms with Crippen LogP contribution in [-0.4, -0.2) is 39.7 Å². The molecular weight excluding hydrogens is 457 g/mol. The van der Waals surface area contributed by atoms with Crippen LogP contribution in [0.2, 0.25) is 0 Å². The average molecular weight is 472 g/mol. The number of hydrogen-bond acceptors (Lipinski definition) is 5. The van der Waals surface area contributed by atoms with Crippen LogP contribution < -0.4 is 16.2 Å². The zero-order valence-electron chi connectivity index (χ0n) is 17.1. The molecule has 0 aliphatic carbocycles. The summed E-state index contributed by atoms with van der Waals surface area (Å²) in [5.41, 5.74) is -1.68. The molecule has 0 bridgehead atoms. The minimum atomic E-state index is -4.55. The first-order chi connectivity index (χ1) is 16.0. The maximum Gasteiger partial charge on any atom is 0.416 e. The zero-order valence-corrected chi connectivity index (χ0v) is 17.1. The molecule has 0 saturated carbocycles. The predicted molar refractivity (Wildman–Crippen MR) is 114 cm³/mol. The van der Waals surface area contributed by atoms with Crippen molar-refractivity contribution in [2.75, 3.05) is 18.4 Å². The Kier molecular flexibility index (Phi) is 5.40. The third kappa shape index (κ3) is 3.77. The van der Waals surface area contributed by atoms with Crippen LogP contribution in [0.3, 0.4) is 0 Å². The van der Waals surface area contributed by atoms with E-state index in [4.69, 9.17) is 11.7 Å². The summed E-state index contributed by atoms with van der Waals surface area (Å²) in [5.74, 6) is -3.25. The van der Waals surface area contributed by atoms with Gasteiger partial charge < -0.3 is 20.8 Å². The van der Waals surface area contributed by atoms with E-state index in [2.05, 4.69) is 10.2 Å². The molecular formula is C22H15F3N4O5. The van der Waals surface area contributed by atoms with E-state index >= 15 is 0 Å². The summed E-state index contributed by atoms with van der Waals surface area (Å²) < 4.78 is 40.1. The molecule has 1 aromatic heterocycles. The van der Waals surface area contributed by atoms with Crippen molar-refractivity contribution in [1.29, 1.82) is 0 Å². The molecule has 1 unspecified atom stereocenters. The number of nitrogens with one attached hydrogen (secondary N) is 2. The molecule has 12 heteroatoms. The van der Waals surface area contributed by atoms with Gasteiger partial charge in [-0.15, -0.1) is 0 Å². The smallest absolute Gasteiger partial charge is 0.416 e. The van der Waals surface area contributed by atoms with E-state index in [-0.39, 0.29) is 23.1 Å². The summed E-state index contributed by atoms with van der Waals surface area (Å²) in [6.07, 6.45) is -4.55. The van der Waals surface area contributed by atoms with Gasteiger partial charge in [0.25, 0.3) is 11.5 Å². The second kappa shape index (κ2) is 8.11. The van der Waals surface area contributed by atoms with Crippen molar-refractivity contribution < 1.29 is 33.0 Å². The molecule has 1 aliphatic heterocycles. The van der Waals surface area contributed by atoms with Gasteiger partial charge in [-0.05, 0) is 29.8 Å². The molecule has 2 aromatic carbocycles. The molecule has 1 aliphatic rings. The Labute approximate surface area is 188 Å². The third-order valence-electron chi connectivity index (χ3n) is 5.44. The number of hydrogen-bond donors (Lipinski definition) is 4. The molecule has 3 aromatic rings. The molecule has 0 radical (unpaired) electrons. The summed E-state index contributed by atoms with van der Waals surface area (Å²) >= 11 is 0. The molecule has 174 valence electrons. The number of halogens is 3. The maximum absolute atomic E-state index is 13.4. The monoisotopic (exact) mass is 472 g/mol. The Morgan fingerprint density at radius 3 is 2.50 bits per heavy atom. The predicted octanol–water partition coefficient (Wildman–Crippen LogP) is 3.11. The minimum absolute atomic E-state index is 0.0207. The number of aliphatic carboxylic acids is 1. The zero-order chi connectivity index (χ0) is 24.8.